The Morgan fingerprint density at radius 2 is 0.814 bits per heavy atom. The molecule has 0 fully saturated rings. The fourth-order valence-corrected chi connectivity index (χ4v) is 7.75. The molecular weight excluding hydrogens is 731 g/mol. The zero-order valence-electron chi connectivity index (χ0n) is 39.0. The van der Waals surface area contributed by atoms with Crippen molar-refractivity contribution in [3.63, 3.8) is 0 Å². The Kier molecular flexibility index (Phi) is 45.9. The number of unbranched alkanes of at least 4 members (excludes halogenated alkanes) is 29. The summed E-state index contributed by atoms with van der Waals surface area (Å²) in [5.41, 5.74) is 0. The molecule has 6 heteroatoms. The molecule has 0 aromatic rings. The Hall–Kier alpha value is -1.73. The predicted octanol–water partition coefficient (Wildman–Crippen LogP) is 14.2. The summed E-state index contributed by atoms with van der Waals surface area (Å²) in [6.07, 6.45) is 58.8. The normalized spacial score (nSPS) is 14.3. The Labute approximate surface area is 366 Å². The molecule has 0 saturated heterocycles. The fourth-order valence-electron chi connectivity index (χ4n) is 7.75. The topological polar surface area (TPSA) is 110 Å². The number of hydrogen-bond donors (Lipinski definition) is 5. The molecule has 4 unspecified atom stereocenters. The lowest BCUT2D eigenvalue weighted by Gasteiger charge is -2.27. The second-order valence-electron chi connectivity index (χ2n) is 17.5. The average Bonchev–Trinajstić information content (AvgIpc) is 3.24. The van der Waals surface area contributed by atoms with Gasteiger partial charge in [-0.25, -0.2) is 0 Å². The van der Waals surface area contributed by atoms with Crippen molar-refractivity contribution in [2.75, 3.05) is 6.61 Å². The molecule has 0 rings (SSSR count). The lowest BCUT2D eigenvalue weighted by Crippen LogP contribution is -2.53. The maximum Gasteiger partial charge on any atom is 0.249 e. The van der Waals surface area contributed by atoms with Crippen LogP contribution in [0.3, 0.4) is 0 Å². The van der Waals surface area contributed by atoms with Crippen molar-refractivity contribution in [3.05, 3.63) is 48.6 Å². The Balaban J connectivity index is 3.73. The number of nitrogens with one attached hydrogen (secondary N) is 1. The number of carbonyl (C=O) groups is 1. The predicted molar refractivity (Wildman–Crippen MR) is 256 cm³/mol. The van der Waals surface area contributed by atoms with Crippen molar-refractivity contribution in [2.24, 2.45) is 0 Å². The molecule has 59 heavy (non-hydrogen) atoms. The highest BCUT2D eigenvalue weighted by molar-refractivity contribution is 5.80. The number of allylic oxidation sites excluding steroid dienone is 8. The van der Waals surface area contributed by atoms with Crippen LogP contribution in [0.4, 0.5) is 0 Å². The molecule has 0 aliphatic heterocycles. The minimum absolute atomic E-state index is 0.358. The molecule has 5 N–H and O–H groups in total. The summed E-state index contributed by atoms with van der Waals surface area (Å²) in [7, 11) is 0. The summed E-state index contributed by atoms with van der Waals surface area (Å²) < 4.78 is 0. The van der Waals surface area contributed by atoms with Gasteiger partial charge in [-0.2, -0.15) is 0 Å². The lowest BCUT2D eigenvalue weighted by molar-refractivity contribution is -0.132. The second kappa shape index (κ2) is 47.3. The molecule has 0 aromatic heterocycles. The van der Waals surface area contributed by atoms with Crippen molar-refractivity contribution < 1.29 is 25.2 Å². The molecule has 1 amide bonds. The standard InChI is InChI=1S/C53H99NO5/c1-3-5-7-9-11-13-15-17-19-21-23-25-26-27-29-30-32-34-36-38-40-42-44-46-50(56)52(58)49(48-55)54-53(59)51(57)47-45-43-41-39-37-35-33-31-28-24-22-20-18-16-14-12-10-8-6-4-2/h6,8,12,14,30,32,38,40,49-52,55-58H,3-5,7,9-11,13,15-29,31,33-37,39,41-48H2,1-2H3,(H,54,59)/b8-6-,14-12-,32-30+,40-38+. The van der Waals surface area contributed by atoms with Gasteiger partial charge in [-0.1, -0.05) is 223 Å². The number of hydrogen-bond acceptors (Lipinski definition) is 5. The highest BCUT2D eigenvalue weighted by atomic mass is 16.3. The van der Waals surface area contributed by atoms with E-state index in [1.54, 1.807) is 0 Å². The van der Waals surface area contributed by atoms with Crippen LogP contribution >= 0.6 is 0 Å². The molecular formula is C53H99NO5. The van der Waals surface area contributed by atoms with Gasteiger partial charge in [-0.3, -0.25) is 4.79 Å². The van der Waals surface area contributed by atoms with Crippen LogP contribution in [0.15, 0.2) is 48.6 Å². The minimum Gasteiger partial charge on any atom is -0.394 e. The minimum atomic E-state index is -1.29. The molecule has 0 aromatic carbocycles. The first-order valence-corrected chi connectivity index (χ1v) is 25.5. The number of amides is 1. The van der Waals surface area contributed by atoms with Gasteiger partial charge in [-0.05, 0) is 77.0 Å². The van der Waals surface area contributed by atoms with E-state index >= 15 is 0 Å². The van der Waals surface area contributed by atoms with Crippen LogP contribution in [0, 0.1) is 0 Å². The Morgan fingerprint density at radius 3 is 1.25 bits per heavy atom. The molecule has 0 aliphatic carbocycles. The van der Waals surface area contributed by atoms with Gasteiger partial charge in [0.25, 0.3) is 0 Å². The van der Waals surface area contributed by atoms with Crippen molar-refractivity contribution >= 4 is 5.91 Å². The fraction of sp³-hybridized carbons (Fsp3) is 0.830. The van der Waals surface area contributed by atoms with Crippen molar-refractivity contribution in [1.82, 2.24) is 5.32 Å². The largest absolute Gasteiger partial charge is 0.394 e. The van der Waals surface area contributed by atoms with Gasteiger partial charge in [0, 0.05) is 0 Å². The van der Waals surface area contributed by atoms with Gasteiger partial charge < -0.3 is 25.7 Å². The van der Waals surface area contributed by atoms with E-state index in [0.29, 0.717) is 19.3 Å². The first kappa shape index (κ1) is 57.3. The maximum absolute atomic E-state index is 12.6. The Bertz CT molecular complexity index is 977. The third-order valence-corrected chi connectivity index (χ3v) is 11.8. The molecule has 0 aliphatic rings. The number of aliphatic hydroxyl groups excluding tert-OH is 4. The summed E-state index contributed by atoms with van der Waals surface area (Å²) >= 11 is 0. The van der Waals surface area contributed by atoms with Gasteiger partial charge in [0.2, 0.25) is 5.91 Å². The van der Waals surface area contributed by atoms with Gasteiger partial charge in [-0.15, -0.1) is 0 Å². The lowest BCUT2D eigenvalue weighted by atomic mass is 10.00. The van der Waals surface area contributed by atoms with Crippen LogP contribution in [0.5, 0.6) is 0 Å². The summed E-state index contributed by atoms with van der Waals surface area (Å²) in [4.78, 5) is 12.6. The third kappa shape index (κ3) is 41.4. The monoisotopic (exact) mass is 830 g/mol. The van der Waals surface area contributed by atoms with Gasteiger partial charge in [0.1, 0.15) is 12.2 Å². The number of rotatable bonds is 46. The first-order chi connectivity index (χ1) is 29.0. The zero-order chi connectivity index (χ0) is 43.1. The number of carbonyl (C=O) groups excluding carboxylic acids is 1. The van der Waals surface area contributed by atoms with Gasteiger partial charge >= 0.3 is 0 Å². The van der Waals surface area contributed by atoms with Crippen molar-refractivity contribution in [1.29, 1.82) is 0 Å². The average molecular weight is 830 g/mol. The second-order valence-corrected chi connectivity index (χ2v) is 17.5. The van der Waals surface area contributed by atoms with Crippen LogP contribution in [0.25, 0.3) is 0 Å². The van der Waals surface area contributed by atoms with Crippen LogP contribution in [0.2, 0.25) is 0 Å². The van der Waals surface area contributed by atoms with Crippen LogP contribution in [0.1, 0.15) is 251 Å². The molecule has 0 bridgehead atoms. The molecule has 4 atom stereocenters. The van der Waals surface area contributed by atoms with Crippen LogP contribution in [-0.4, -0.2) is 57.3 Å². The number of aliphatic hydroxyl groups is 4. The smallest absolute Gasteiger partial charge is 0.249 e. The van der Waals surface area contributed by atoms with Crippen molar-refractivity contribution in [2.45, 2.75) is 276 Å². The maximum atomic E-state index is 12.6. The summed E-state index contributed by atoms with van der Waals surface area (Å²) in [5.74, 6) is -0.598. The summed E-state index contributed by atoms with van der Waals surface area (Å²) in [6.45, 7) is 3.95. The van der Waals surface area contributed by atoms with Gasteiger partial charge in [0.05, 0.1) is 18.8 Å². The Morgan fingerprint density at radius 1 is 0.441 bits per heavy atom. The third-order valence-electron chi connectivity index (χ3n) is 11.8. The van der Waals surface area contributed by atoms with Crippen LogP contribution in [-0.2, 0) is 4.79 Å². The SMILES string of the molecule is CC/C=C\C/C=C\CCCCCCCCCCCCCCCC(O)C(=O)NC(CO)C(O)C(O)CCC/C=C/CC/C=C/CCCCCCCCCCCCCCCC. The van der Waals surface area contributed by atoms with E-state index in [-0.39, 0.29) is 0 Å². The van der Waals surface area contributed by atoms with Gasteiger partial charge in [0.15, 0.2) is 0 Å². The molecule has 0 spiro atoms. The zero-order valence-corrected chi connectivity index (χ0v) is 39.0. The molecule has 346 valence electrons. The van der Waals surface area contributed by atoms with E-state index in [0.717, 1.165) is 51.4 Å². The molecule has 0 radical (unpaired) electrons. The quantitative estimate of drug-likeness (QED) is 0.0310. The van der Waals surface area contributed by atoms with E-state index < -0.39 is 36.9 Å². The van der Waals surface area contributed by atoms with E-state index in [1.807, 2.05) is 0 Å². The first-order valence-electron chi connectivity index (χ1n) is 25.5. The highest BCUT2D eigenvalue weighted by Gasteiger charge is 2.28. The highest BCUT2D eigenvalue weighted by Crippen LogP contribution is 2.16. The van der Waals surface area contributed by atoms with Crippen molar-refractivity contribution in [3.8, 4) is 0 Å². The van der Waals surface area contributed by atoms with E-state index in [1.165, 1.54) is 167 Å². The summed E-state index contributed by atoms with van der Waals surface area (Å²) in [6, 6.07) is -1.01. The molecule has 0 heterocycles. The van der Waals surface area contributed by atoms with E-state index in [9.17, 15) is 25.2 Å². The summed E-state index contributed by atoms with van der Waals surface area (Å²) in [5, 5.41) is 43.8. The van der Waals surface area contributed by atoms with E-state index in [2.05, 4.69) is 67.8 Å². The molecule has 6 nitrogen and oxygen atoms in total. The van der Waals surface area contributed by atoms with E-state index in [4.69, 9.17) is 0 Å². The molecule has 0 saturated carbocycles. The van der Waals surface area contributed by atoms with Crippen LogP contribution < -0.4 is 5.32 Å².